The van der Waals surface area contributed by atoms with Crippen molar-refractivity contribution < 1.29 is 0 Å². The molecule has 0 saturated carbocycles. The van der Waals surface area contributed by atoms with Gasteiger partial charge in [0.2, 0.25) is 0 Å². The molecule has 0 bridgehead atoms. The van der Waals surface area contributed by atoms with Crippen molar-refractivity contribution in [2.24, 2.45) is 13.0 Å². The lowest BCUT2D eigenvalue weighted by atomic mass is 10.1. The first-order chi connectivity index (χ1) is 10.0. The van der Waals surface area contributed by atoms with E-state index in [2.05, 4.69) is 61.6 Å². The van der Waals surface area contributed by atoms with E-state index in [-0.39, 0.29) is 0 Å². The summed E-state index contributed by atoms with van der Waals surface area (Å²) in [6, 6.07) is 0. The zero-order valence-corrected chi connectivity index (χ0v) is 14.0. The van der Waals surface area contributed by atoms with Crippen molar-refractivity contribution in [3.05, 3.63) is 46.3 Å². The Balaban J connectivity index is 1.88. The SMILES string of the molecule is CC(C)Cc1cn2cc(Cc3cn(C)nc3Br)nc2cn1. The molecule has 21 heavy (non-hydrogen) atoms. The molecule has 0 atom stereocenters. The van der Waals surface area contributed by atoms with Crippen molar-refractivity contribution in [3.63, 3.8) is 0 Å². The average Bonchev–Trinajstić information content (AvgIpc) is 2.91. The number of rotatable bonds is 4. The number of imidazole rings is 1. The second-order valence-corrected chi connectivity index (χ2v) is 6.52. The minimum atomic E-state index is 0.601. The highest BCUT2D eigenvalue weighted by atomic mass is 79.9. The Morgan fingerprint density at radius 1 is 1.19 bits per heavy atom. The van der Waals surface area contributed by atoms with Crippen molar-refractivity contribution in [2.45, 2.75) is 26.7 Å². The summed E-state index contributed by atoms with van der Waals surface area (Å²) in [5, 5.41) is 4.29. The monoisotopic (exact) mass is 347 g/mol. The maximum Gasteiger partial charge on any atom is 0.155 e. The quantitative estimate of drug-likeness (QED) is 0.728. The first-order valence-electron chi connectivity index (χ1n) is 7.02. The van der Waals surface area contributed by atoms with E-state index in [9.17, 15) is 0 Å². The number of halogens is 1. The van der Waals surface area contributed by atoms with Gasteiger partial charge in [0.05, 0.1) is 17.6 Å². The van der Waals surface area contributed by atoms with E-state index in [4.69, 9.17) is 0 Å². The summed E-state index contributed by atoms with van der Waals surface area (Å²) in [5.74, 6) is 0.601. The first kappa shape index (κ1) is 14.3. The molecule has 0 aliphatic heterocycles. The van der Waals surface area contributed by atoms with E-state index in [0.29, 0.717) is 5.92 Å². The fourth-order valence-electron chi connectivity index (χ4n) is 2.43. The maximum atomic E-state index is 4.62. The summed E-state index contributed by atoms with van der Waals surface area (Å²) >= 11 is 3.48. The third-order valence-electron chi connectivity index (χ3n) is 3.29. The lowest BCUT2D eigenvalue weighted by molar-refractivity contribution is 0.632. The summed E-state index contributed by atoms with van der Waals surface area (Å²) < 4.78 is 4.74. The summed E-state index contributed by atoms with van der Waals surface area (Å²) in [6.45, 7) is 4.40. The molecule has 3 rings (SSSR count). The third-order valence-corrected chi connectivity index (χ3v) is 3.95. The van der Waals surface area contributed by atoms with Crippen molar-refractivity contribution >= 4 is 21.6 Å². The Morgan fingerprint density at radius 2 is 1.95 bits per heavy atom. The Kier molecular flexibility index (Phi) is 3.80. The molecule has 0 aromatic carbocycles. The van der Waals surface area contributed by atoms with Crippen LogP contribution < -0.4 is 0 Å². The molecule has 3 heterocycles. The molecule has 3 aromatic rings. The van der Waals surface area contributed by atoms with Crippen molar-refractivity contribution in [1.29, 1.82) is 0 Å². The molecule has 0 aliphatic carbocycles. The number of aromatic nitrogens is 5. The third kappa shape index (κ3) is 3.15. The van der Waals surface area contributed by atoms with Gasteiger partial charge in [-0.05, 0) is 28.3 Å². The van der Waals surface area contributed by atoms with Gasteiger partial charge in [0, 0.05) is 37.6 Å². The maximum absolute atomic E-state index is 4.62. The van der Waals surface area contributed by atoms with Gasteiger partial charge in [0.1, 0.15) is 4.60 Å². The molecule has 0 aliphatic rings. The van der Waals surface area contributed by atoms with Crippen LogP contribution in [0.2, 0.25) is 0 Å². The van der Waals surface area contributed by atoms with Crippen LogP contribution in [0.4, 0.5) is 0 Å². The molecule has 0 fully saturated rings. The molecule has 110 valence electrons. The molecular weight excluding hydrogens is 330 g/mol. The van der Waals surface area contributed by atoms with Crippen molar-refractivity contribution in [2.75, 3.05) is 0 Å². The van der Waals surface area contributed by atoms with Gasteiger partial charge < -0.3 is 4.40 Å². The lowest BCUT2D eigenvalue weighted by Gasteiger charge is -2.03. The molecule has 0 amide bonds. The van der Waals surface area contributed by atoms with Gasteiger partial charge in [-0.3, -0.25) is 9.67 Å². The van der Waals surface area contributed by atoms with E-state index < -0.39 is 0 Å². The second kappa shape index (κ2) is 5.60. The van der Waals surface area contributed by atoms with Crippen molar-refractivity contribution in [1.82, 2.24) is 24.1 Å². The average molecular weight is 348 g/mol. The Hall–Kier alpha value is -1.69. The number of fused-ring (bicyclic) bond motifs is 1. The van der Waals surface area contributed by atoms with Crippen LogP contribution in [0.1, 0.15) is 30.8 Å². The van der Waals surface area contributed by atoms with Gasteiger partial charge in [0.25, 0.3) is 0 Å². The molecular formula is C15H18BrN5. The van der Waals surface area contributed by atoms with Crippen LogP contribution in [-0.2, 0) is 19.9 Å². The summed E-state index contributed by atoms with van der Waals surface area (Å²) in [6.07, 6.45) is 9.74. The summed E-state index contributed by atoms with van der Waals surface area (Å²) in [7, 11) is 1.92. The number of hydrogen-bond acceptors (Lipinski definition) is 3. The smallest absolute Gasteiger partial charge is 0.155 e. The normalized spacial score (nSPS) is 11.7. The second-order valence-electron chi connectivity index (χ2n) is 5.77. The van der Waals surface area contributed by atoms with Gasteiger partial charge in [-0.2, -0.15) is 5.10 Å². The van der Waals surface area contributed by atoms with Crippen LogP contribution in [0, 0.1) is 5.92 Å². The molecule has 0 N–H and O–H groups in total. The van der Waals surface area contributed by atoms with E-state index >= 15 is 0 Å². The van der Waals surface area contributed by atoms with E-state index in [1.54, 1.807) is 4.68 Å². The minimum absolute atomic E-state index is 0.601. The predicted molar refractivity (Wildman–Crippen MR) is 85.2 cm³/mol. The van der Waals surface area contributed by atoms with Crippen LogP contribution in [-0.4, -0.2) is 24.1 Å². The van der Waals surface area contributed by atoms with Crippen molar-refractivity contribution in [3.8, 4) is 0 Å². The largest absolute Gasteiger partial charge is 0.304 e. The summed E-state index contributed by atoms with van der Waals surface area (Å²) in [4.78, 5) is 9.10. The van der Waals surface area contributed by atoms with E-state index in [1.165, 1.54) is 0 Å². The van der Waals surface area contributed by atoms with Crippen LogP contribution >= 0.6 is 15.9 Å². The van der Waals surface area contributed by atoms with E-state index in [0.717, 1.165) is 40.0 Å². The zero-order chi connectivity index (χ0) is 15.0. The van der Waals surface area contributed by atoms with Gasteiger partial charge in [-0.1, -0.05) is 13.8 Å². The highest BCUT2D eigenvalue weighted by molar-refractivity contribution is 9.10. The minimum Gasteiger partial charge on any atom is -0.304 e. The van der Waals surface area contributed by atoms with Crippen LogP contribution in [0.15, 0.2) is 29.4 Å². The van der Waals surface area contributed by atoms with Gasteiger partial charge >= 0.3 is 0 Å². The Morgan fingerprint density at radius 3 is 2.62 bits per heavy atom. The molecule has 0 radical (unpaired) electrons. The molecule has 3 aromatic heterocycles. The number of aryl methyl sites for hydroxylation is 1. The predicted octanol–water partition coefficient (Wildman–Crippen LogP) is 3.01. The van der Waals surface area contributed by atoms with Gasteiger partial charge in [-0.15, -0.1) is 0 Å². The number of nitrogens with zero attached hydrogens (tertiary/aromatic N) is 5. The Labute approximate surface area is 132 Å². The molecule has 0 spiro atoms. The summed E-state index contributed by atoms with van der Waals surface area (Å²) in [5.41, 5.74) is 4.14. The molecule has 0 saturated heterocycles. The molecule has 6 heteroatoms. The van der Waals surface area contributed by atoms with Crippen LogP contribution in [0.3, 0.4) is 0 Å². The van der Waals surface area contributed by atoms with Gasteiger partial charge in [-0.25, -0.2) is 4.98 Å². The lowest BCUT2D eigenvalue weighted by Crippen LogP contribution is -1.99. The zero-order valence-electron chi connectivity index (χ0n) is 12.4. The van der Waals surface area contributed by atoms with E-state index in [1.807, 2.05) is 19.4 Å². The van der Waals surface area contributed by atoms with Crippen LogP contribution in [0.25, 0.3) is 5.65 Å². The van der Waals surface area contributed by atoms with Gasteiger partial charge in [0.15, 0.2) is 5.65 Å². The molecule has 5 nitrogen and oxygen atoms in total. The highest BCUT2D eigenvalue weighted by Gasteiger charge is 2.09. The standard InChI is InChI=1S/C15H18BrN5/c1-10(2)4-12-8-21-9-13(18-14(21)6-17-12)5-11-7-20(3)19-15(11)16/h6-10H,4-5H2,1-3H3. The van der Waals surface area contributed by atoms with Crippen LogP contribution in [0.5, 0.6) is 0 Å². The topological polar surface area (TPSA) is 48.0 Å². The molecule has 0 unspecified atom stereocenters. The number of hydrogen-bond donors (Lipinski definition) is 0. The first-order valence-corrected chi connectivity index (χ1v) is 7.81. The fraction of sp³-hybridized carbons (Fsp3) is 0.400. The highest BCUT2D eigenvalue weighted by Crippen LogP contribution is 2.18. The Bertz CT molecular complexity index is 772. The fourth-order valence-corrected chi connectivity index (χ4v) is 2.92.